The molecule has 36 heavy (non-hydrogen) atoms. The first kappa shape index (κ1) is 33.2. The van der Waals surface area contributed by atoms with Gasteiger partial charge in [-0.3, -0.25) is 0 Å². The first-order chi connectivity index (χ1) is 16.4. The van der Waals surface area contributed by atoms with Crippen LogP contribution in [0.2, 0.25) is 0 Å². The monoisotopic (exact) mass is 526 g/mol. The van der Waals surface area contributed by atoms with E-state index < -0.39 is 5.60 Å². The summed E-state index contributed by atoms with van der Waals surface area (Å²) in [6.07, 6.45) is 5.85. The Bertz CT molecular complexity index is 1000. The number of hydrogen-bond acceptors (Lipinski definition) is 7. The van der Waals surface area contributed by atoms with E-state index in [9.17, 15) is 9.90 Å². The molecular weight excluding hydrogens is 496 g/mol. The number of hydrogen-bond donors (Lipinski definition) is 1. The van der Waals surface area contributed by atoms with Crippen LogP contribution in [0, 0.1) is 6.92 Å². The Labute approximate surface area is 235 Å². The molecule has 1 N–H and O–H groups in total. The predicted molar refractivity (Wildman–Crippen MR) is 136 cm³/mol. The van der Waals surface area contributed by atoms with Gasteiger partial charge < -0.3 is 41.2 Å². The van der Waals surface area contributed by atoms with Crippen molar-refractivity contribution in [3.8, 4) is 23.0 Å². The van der Waals surface area contributed by atoms with Gasteiger partial charge in [-0.1, -0.05) is 18.2 Å². The van der Waals surface area contributed by atoms with Crippen molar-refractivity contribution in [3.63, 3.8) is 0 Å². The molecule has 0 unspecified atom stereocenters. The smallest absolute Gasteiger partial charge is 1.00 e. The zero-order valence-electron chi connectivity index (χ0n) is 20.5. The van der Waals surface area contributed by atoms with Crippen LogP contribution in [0.4, 0.5) is 0 Å². The molecule has 4 rings (SSSR count). The summed E-state index contributed by atoms with van der Waals surface area (Å²) in [7, 11) is 0. The summed E-state index contributed by atoms with van der Waals surface area (Å²) in [5, 5.41) is 10.6. The molecule has 0 saturated heterocycles. The number of ether oxygens (including phenoxy) is 5. The molecule has 2 aromatic rings. The Morgan fingerprint density at radius 3 is 1.94 bits per heavy atom. The number of benzene rings is 2. The van der Waals surface area contributed by atoms with Gasteiger partial charge in [-0.25, -0.2) is 24.4 Å². The summed E-state index contributed by atoms with van der Waals surface area (Å²) < 4.78 is 25.7. The molecule has 0 fully saturated rings. The molecule has 0 atom stereocenters. The Kier molecular flexibility index (Phi) is 15.5. The van der Waals surface area contributed by atoms with E-state index in [1.54, 1.807) is 37.3 Å². The fraction of sp³-hybridized carbons (Fsp3) is 0.259. The van der Waals surface area contributed by atoms with Crippen LogP contribution in [0.15, 0.2) is 74.4 Å². The van der Waals surface area contributed by atoms with Crippen molar-refractivity contribution in [2.75, 3.05) is 20.2 Å². The fourth-order valence-electron chi connectivity index (χ4n) is 3.22. The standard InChI is InChI=1S/C14H16O3.C10H10O4.C3H5.ClH.Mg/c1-3-7-14(15,8-4-2)11-5-6-12-13(9-11)17-10-16-12;1-2-12-10(11)7-3-4-8-9(5-7)14-6-13-8;1-3-2;;/h3-6,9,15H,1-2,7-8,10H2;3-5H,2,6H2,1H3;3H,1-2H2;1H;/q;;-1;;+2/p-1. The van der Waals surface area contributed by atoms with Crippen molar-refractivity contribution in [1.29, 1.82) is 0 Å². The van der Waals surface area contributed by atoms with Crippen LogP contribution < -0.4 is 31.4 Å². The molecule has 190 valence electrons. The number of fused-ring (bicyclic) bond motifs is 2. The third-order valence-electron chi connectivity index (χ3n) is 4.76. The van der Waals surface area contributed by atoms with Gasteiger partial charge in [0.15, 0.2) is 23.0 Å². The van der Waals surface area contributed by atoms with Crippen LogP contribution in [0.5, 0.6) is 23.0 Å². The largest absolute Gasteiger partial charge is 2.00 e. The topological polar surface area (TPSA) is 83.5 Å². The molecular formula is C27H31ClMgO7. The molecule has 2 aromatic carbocycles. The molecule has 0 radical (unpaired) electrons. The summed E-state index contributed by atoms with van der Waals surface area (Å²) in [4.78, 5) is 11.3. The van der Waals surface area contributed by atoms with Crippen molar-refractivity contribution >= 4 is 29.0 Å². The van der Waals surface area contributed by atoms with E-state index in [1.807, 2.05) is 18.2 Å². The number of rotatable bonds is 7. The van der Waals surface area contributed by atoms with Gasteiger partial charge in [0.1, 0.15) is 0 Å². The van der Waals surface area contributed by atoms with Gasteiger partial charge >= 0.3 is 29.0 Å². The van der Waals surface area contributed by atoms with E-state index in [2.05, 4.69) is 26.7 Å². The second kappa shape index (κ2) is 16.8. The number of carbonyl (C=O) groups is 1. The molecule has 2 heterocycles. The van der Waals surface area contributed by atoms with Crippen LogP contribution in [0.1, 0.15) is 35.7 Å². The van der Waals surface area contributed by atoms with Crippen molar-refractivity contribution < 1.29 is 46.0 Å². The van der Waals surface area contributed by atoms with Crippen LogP contribution >= 0.6 is 0 Å². The van der Waals surface area contributed by atoms with E-state index in [0.29, 0.717) is 48.0 Å². The van der Waals surface area contributed by atoms with Gasteiger partial charge in [-0.15, -0.1) is 13.2 Å². The SMILES string of the molecule is C=CCC(O)(CC=C)c1ccc2c(c1)OCO2.C=C[CH2-].CCOC(=O)c1ccc2c(c1)OCO2.[Cl-].[Mg+2]. The second-order valence-corrected chi connectivity index (χ2v) is 7.16. The molecule has 0 spiro atoms. The maximum Gasteiger partial charge on any atom is 2.00 e. The molecule has 0 saturated carbocycles. The zero-order valence-corrected chi connectivity index (χ0v) is 22.7. The molecule has 2 aliphatic rings. The zero-order chi connectivity index (χ0) is 25.0. The minimum atomic E-state index is -0.968. The average molecular weight is 527 g/mol. The van der Waals surface area contributed by atoms with Gasteiger partial charge in [-0.2, -0.15) is 0 Å². The van der Waals surface area contributed by atoms with E-state index in [4.69, 9.17) is 23.7 Å². The Morgan fingerprint density at radius 2 is 1.44 bits per heavy atom. The quantitative estimate of drug-likeness (QED) is 0.255. The average Bonchev–Trinajstić information content (AvgIpc) is 3.49. The van der Waals surface area contributed by atoms with E-state index in [1.165, 1.54) is 6.08 Å². The summed E-state index contributed by atoms with van der Waals surface area (Å²) in [5.74, 6) is 2.31. The summed E-state index contributed by atoms with van der Waals surface area (Å²) in [6, 6.07) is 10.5. The van der Waals surface area contributed by atoms with E-state index >= 15 is 0 Å². The summed E-state index contributed by atoms with van der Waals surface area (Å²) >= 11 is 0. The van der Waals surface area contributed by atoms with Crippen molar-refractivity contribution in [1.82, 2.24) is 0 Å². The second-order valence-electron chi connectivity index (χ2n) is 7.16. The number of esters is 1. The molecule has 0 aromatic heterocycles. The fourth-order valence-corrected chi connectivity index (χ4v) is 3.22. The number of aliphatic hydroxyl groups is 1. The minimum absolute atomic E-state index is 0. The Hall–Kier alpha value is -2.78. The first-order valence-electron chi connectivity index (χ1n) is 10.7. The third-order valence-corrected chi connectivity index (χ3v) is 4.76. The maximum absolute atomic E-state index is 11.3. The summed E-state index contributed by atoms with van der Waals surface area (Å²) in [5.41, 5.74) is 0.308. The van der Waals surface area contributed by atoms with Crippen molar-refractivity contribution in [2.24, 2.45) is 0 Å². The first-order valence-corrected chi connectivity index (χ1v) is 10.7. The normalized spacial score (nSPS) is 11.6. The predicted octanol–water partition coefficient (Wildman–Crippen LogP) is 1.98. The van der Waals surface area contributed by atoms with Crippen LogP contribution in [-0.4, -0.2) is 54.3 Å². The molecule has 9 heteroatoms. The van der Waals surface area contributed by atoms with Gasteiger partial charge in [0.05, 0.1) is 17.8 Å². The third kappa shape index (κ3) is 9.02. The number of allylic oxidation sites excluding steroid dienone is 1. The van der Waals surface area contributed by atoms with Gasteiger partial charge in [0.2, 0.25) is 13.6 Å². The van der Waals surface area contributed by atoms with Crippen LogP contribution in [0.25, 0.3) is 0 Å². The van der Waals surface area contributed by atoms with Gasteiger partial charge in [0, 0.05) is 0 Å². The van der Waals surface area contributed by atoms with Crippen LogP contribution in [0.3, 0.4) is 0 Å². The van der Waals surface area contributed by atoms with Crippen molar-refractivity contribution in [2.45, 2.75) is 25.4 Å². The number of carbonyl (C=O) groups excluding carboxylic acids is 1. The molecule has 0 aliphatic carbocycles. The molecule has 2 aliphatic heterocycles. The molecule has 0 bridgehead atoms. The Morgan fingerprint density at radius 1 is 0.972 bits per heavy atom. The maximum atomic E-state index is 11.3. The van der Waals surface area contributed by atoms with E-state index in [-0.39, 0.29) is 55.0 Å². The number of halogens is 1. The molecule has 7 nitrogen and oxygen atoms in total. The summed E-state index contributed by atoms with van der Waals surface area (Å²) in [6.45, 7) is 16.4. The van der Waals surface area contributed by atoms with Crippen LogP contribution in [-0.2, 0) is 10.3 Å². The van der Waals surface area contributed by atoms with Gasteiger partial charge in [-0.05, 0) is 55.7 Å². The van der Waals surface area contributed by atoms with Crippen molar-refractivity contribution in [3.05, 3.63) is 92.4 Å². The Balaban J connectivity index is 0.000000591. The molecule has 0 amide bonds. The van der Waals surface area contributed by atoms with E-state index in [0.717, 1.165) is 5.56 Å². The minimum Gasteiger partial charge on any atom is -1.00 e. The van der Waals surface area contributed by atoms with Gasteiger partial charge in [0.25, 0.3) is 0 Å².